The number of quaternary nitrogens is 2. The number of halogens is 2. The summed E-state index contributed by atoms with van der Waals surface area (Å²) in [4.78, 5) is 0. The topological polar surface area (TPSA) is 0 Å². The van der Waals surface area contributed by atoms with Crippen LogP contribution in [0.15, 0.2) is 0 Å². The van der Waals surface area contributed by atoms with Gasteiger partial charge in [-0.05, 0) is 51.4 Å². The summed E-state index contributed by atoms with van der Waals surface area (Å²) >= 11 is 0. The number of rotatable bonds is 36. The van der Waals surface area contributed by atoms with E-state index in [-0.39, 0.29) is 24.8 Å². The zero-order valence-electron chi connectivity index (χ0n) is 35.1. The molecule has 0 spiro atoms. The van der Waals surface area contributed by atoms with Crippen LogP contribution < -0.4 is 24.8 Å². The number of hydrogen-bond acceptors (Lipinski definition) is 0. The Kier molecular flexibility index (Phi) is 50.3. The molecule has 296 valence electrons. The van der Waals surface area contributed by atoms with E-state index in [0.717, 1.165) is 4.48 Å². The van der Waals surface area contributed by atoms with E-state index < -0.39 is 0 Å². The van der Waals surface area contributed by atoms with Gasteiger partial charge in [-0.2, -0.15) is 0 Å². The van der Waals surface area contributed by atoms with Gasteiger partial charge in [0.1, 0.15) is 0 Å². The highest BCUT2D eigenvalue weighted by Crippen LogP contribution is 2.17. The van der Waals surface area contributed by atoms with Gasteiger partial charge >= 0.3 is 0 Å². The van der Waals surface area contributed by atoms with Gasteiger partial charge in [-0.1, -0.05) is 182 Å². The van der Waals surface area contributed by atoms with Crippen LogP contribution in [0.1, 0.15) is 233 Å². The lowest BCUT2D eigenvalue weighted by atomic mass is 10.0. The predicted octanol–water partition coefficient (Wildman–Crippen LogP) is 8.70. The Balaban J connectivity index is -0.000000399. The van der Waals surface area contributed by atoms with E-state index in [0.29, 0.717) is 0 Å². The monoisotopic (exact) mass is 723 g/mol. The van der Waals surface area contributed by atoms with Gasteiger partial charge < -0.3 is 33.8 Å². The van der Waals surface area contributed by atoms with Gasteiger partial charge in [-0.15, -0.1) is 0 Å². The van der Waals surface area contributed by atoms with Gasteiger partial charge in [0.25, 0.3) is 0 Å². The third kappa shape index (κ3) is 48.6. The lowest BCUT2D eigenvalue weighted by molar-refractivity contribution is -0.910. The molecule has 4 heteroatoms. The zero-order chi connectivity index (χ0) is 34.5. The van der Waals surface area contributed by atoms with Gasteiger partial charge in [0.05, 0.1) is 54.4 Å². The fourth-order valence-corrected chi connectivity index (χ4v) is 6.94. The van der Waals surface area contributed by atoms with Crippen molar-refractivity contribution in [3.63, 3.8) is 0 Å². The second-order valence-electron chi connectivity index (χ2n) is 16.7. The van der Waals surface area contributed by atoms with Crippen LogP contribution in [0.25, 0.3) is 0 Å². The molecular weight excluding hydrogens is 627 g/mol. The maximum atomic E-state index is 2.56. The molecule has 0 aromatic heterocycles. The van der Waals surface area contributed by atoms with Gasteiger partial charge in [0.2, 0.25) is 0 Å². The molecule has 2 nitrogen and oxygen atoms in total. The van der Waals surface area contributed by atoms with E-state index in [1.165, 1.54) is 236 Å². The number of hydrogen-bond donors (Lipinski definition) is 0. The van der Waals surface area contributed by atoms with Crippen molar-refractivity contribution in [2.24, 2.45) is 0 Å². The summed E-state index contributed by atoms with van der Waals surface area (Å²) in [5.74, 6) is 0. The Morgan fingerprint density at radius 3 is 0.583 bits per heavy atom. The fourth-order valence-electron chi connectivity index (χ4n) is 6.94. The first-order valence-electron chi connectivity index (χ1n) is 21.9. The van der Waals surface area contributed by atoms with E-state index in [1.807, 2.05) is 0 Å². The highest BCUT2D eigenvalue weighted by atomic mass is 35.5. The van der Waals surface area contributed by atoms with Crippen molar-refractivity contribution in [2.75, 3.05) is 54.4 Å². The van der Waals surface area contributed by atoms with E-state index >= 15 is 0 Å². The Morgan fingerprint density at radius 1 is 0.229 bits per heavy atom. The summed E-state index contributed by atoms with van der Waals surface area (Å²) in [7, 11) is 9.44. The largest absolute Gasteiger partial charge is 1.00 e. The van der Waals surface area contributed by atoms with Crippen molar-refractivity contribution >= 4 is 0 Å². The Bertz CT molecular complexity index is 508. The molecule has 0 aromatic carbocycles. The molecule has 0 N–H and O–H groups in total. The lowest BCUT2D eigenvalue weighted by Gasteiger charge is -2.35. The second-order valence-corrected chi connectivity index (χ2v) is 16.7. The minimum Gasteiger partial charge on any atom is -1.00 e. The molecule has 0 saturated heterocycles. The van der Waals surface area contributed by atoms with Crippen LogP contribution >= 0.6 is 0 Å². The second kappa shape index (κ2) is 43.7. The van der Waals surface area contributed by atoms with E-state index in [4.69, 9.17) is 0 Å². The van der Waals surface area contributed by atoms with Gasteiger partial charge in [0.15, 0.2) is 0 Å². The summed E-state index contributed by atoms with van der Waals surface area (Å²) in [6, 6.07) is 0. The molecule has 0 unspecified atom stereocenters. The maximum Gasteiger partial charge on any atom is 0.0784 e. The first kappa shape index (κ1) is 55.3. The predicted molar refractivity (Wildman–Crippen MR) is 214 cm³/mol. The van der Waals surface area contributed by atoms with Crippen LogP contribution in [0.5, 0.6) is 0 Å². The van der Waals surface area contributed by atoms with Crippen LogP contribution in [0.4, 0.5) is 0 Å². The zero-order valence-corrected chi connectivity index (χ0v) is 36.6. The molecule has 0 aliphatic rings. The molecule has 0 aliphatic heterocycles. The Morgan fingerprint density at radius 2 is 0.396 bits per heavy atom. The minimum atomic E-state index is 0. The highest BCUT2D eigenvalue weighted by Gasteiger charge is 2.20. The van der Waals surface area contributed by atoms with Crippen LogP contribution in [0.3, 0.4) is 0 Å². The van der Waals surface area contributed by atoms with Gasteiger partial charge in [-0.25, -0.2) is 0 Å². The van der Waals surface area contributed by atoms with Crippen molar-refractivity contribution in [2.45, 2.75) is 233 Å². The standard InChI is InChI=1S/C25H54N.C19H42N.2ClH/c1-5-8-11-14-17-20-23-26(4,24-21-18-15-12-9-6-2)25-22-19-16-13-10-7-3;1-5-6-7-8-9-10-11-12-13-14-15-16-17-18-19-20(2,3)4;;/h5-25H2,1-4H3;5-19H2,1-4H3;2*1H/q2*+1;;/p-2. The van der Waals surface area contributed by atoms with Crippen molar-refractivity contribution in [3.05, 3.63) is 0 Å². The van der Waals surface area contributed by atoms with Crippen LogP contribution in [0, 0.1) is 0 Å². The molecule has 0 aliphatic carbocycles. The molecule has 0 amide bonds. The molecule has 0 atom stereocenters. The third-order valence-corrected chi connectivity index (χ3v) is 10.3. The normalized spacial score (nSPS) is 11.5. The minimum absolute atomic E-state index is 0. The summed E-state index contributed by atoms with van der Waals surface area (Å²) < 4.78 is 2.48. The smallest absolute Gasteiger partial charge is 0.0784 e. The fraction of sp³-hybridized carbons (Fsp3) is 1.00. The van der Waals surface area contributed by atoms with Crippen molar-refractivity contribution in [1.82, 2.24) is 0 Å². The third-order valence-electron chi connectivity index (χ3n) is 10.3. The first-order valence-corrected chi connectivity index (χ1v) is 21.9. The number of unbranched alkanes of at least 4 members (excludes halogenated alkanes) is 28. The average Bonchev–Trinajstić information content (AvgIpc) is 3.02. The summed E-state index contributed by atoms with van der Waals surface area (Å²) in [5, 5.41) is 0. The van der Waals surface area contributed by atoms with E-state index in [9.17, 15) is 0 Å². The van der Waals surface area contributed by atoms with Gasteiger partial charge in [-0.3, -0.25) is 0 Å². The Labute approximate surface area is 320 Å². The van der Waals surface area contributed by atoms with Crippen molar-refractivity contribution in [3.8, 4) is 0 Å². The molecule has 0 bridgehead atoms. The van der Waals surface area contributed by atoms with E-state index in [1.54, 1.807) is 0 Å². The van der Waals surface area contributed by atoms with Crippen molar-refractivity contribution in [1.29, 1.82) is 0 Å². The molecular formula is C44H96Cl2N2. The van der Waals surface area contributed by atoms with Gasteiger partial charge in [0, 0.05) is 0 Å². The van der Waals surface area contributed by atoms with Crippen LogP contribution in [-0.2, 0) is 0 Å². The molecule has 0 saturated carbocycles. The summed E-state index contributed by atoms with van der Waals surface area (Å²) in [6.07, 6.45) is 46.2. The molecule has 0 fully saturated rings. The number of nitrogens with zero attached hydrogens (tertiary/aromatic N) is 2. The van der Waals surface area contributed by atoms with Crippen molar-refractivity contribution < 1.29 is 33.8 Å². The Hall–Kier alpha value is 0.500. The summed E-state index contributed by atoms with van der Waals surface area (Å²) in [5.41, 5.74) is 0. The quantitative estimate of drug-likeness (QED) is 0.0449. The SMILES string of the molecule is CCCCCCCCCCCCCCCC[N+](C)(C)C.CCCCCCCC[N+](C)(CCCCCCCC)CCCCCCCC.[Cl-].[Cl-]. The van der Waals surface area contributed by atoms with Crippen LogP contribution in [0.2, 0.25) is 0 Å². The molecule has 0 rings (SSSR count). The molecule has 48 heavy (non-hydrogen) atoms. The lowest BCUT2D eigenvalue weighted by Crippen LogP contribution is -3.00. The van der Waals surface area contributed by atoms with E-state index in [2.05, 4.69) is 55.9 Å². The highest BCUT2D eigenvalue weighted by molar-refractivity contribution is 4.52. The summed E-state index contributed by atoms with van der Waals surface area (Å²) in [6.45, 7) is 14.8. The van der Waals surface area contributed by atoms with Crippen LogP contribution in [-0.4, -0.2) is 63.3 Å². The average molecular weight is 724 g/mol. The first-order chi connectivity index (χ1) is 22.2. The molecule has 0 heterocycles. The molecule has 0 aromatic rings. The maximum absolute atomic E-state index is 2.56. The molecule has 0 radical (unpaired) electrons.